The number of hydrogen-bond acceptors (Lipinski definition) is 3. The average molecular weight is 258 g/mol. The lowest BCUT2D eigenvalue weighted by atomic mass is 9.69. The van der Waals surface area contributed by atoms with Gasteiger partial charge in [0.2, 0.25) is 0 Å². The van der Waals surface area contributed by atoms with E-state index in [-0.39, 0.29) is 0 Å². The number of phenolic OH excluding ortho intramolecular Hbond substituents is 1. The number of phenols is 1. The van der Waals surface area contributed by atoms with Gasteiger partial charge in [-0.25, -0.2) is 0 Å². The van der Waals surface area contributed by atoms with Crippen LogP contribution in [0, 0.1) is 11.3 Å². The second-order valence-corrected chi connectivity index (χ2v) is 6.88. The first-order valence-electron chi connectivity index (χ1n) is 7.43. The van der Waals surface area contributed by atoms with E-state index in [1.807, 2.05) is 12.1 Å². The third kappa shape index (κ3) is 2.15. The van der Waals surface area contributed by atoms with Crippen molar-refractivity contribution in [1.82, 2.24) is 9.80 Å². The SMILES string of the molecule is Oc1ccc(CC23CC4CN(CCN(C4)C2)C3)cc1. The second-order valence-electron chi connectivity index (χ2n) is 6.88. The third-order valence-corrected chi connectivity index (χ3v) is 5.12. The van der Waals surface area contributed by atoms with Gasteiger partial charge in [-0.15, -0.1) is 0 Å². The summed E-state index contributed by atoms with van der Waals surface area (Å²) < 4.78 is 0. The van der Waals surface area contributed by atoms with Crippen molar-refractivity contribution in [3.63, 3.8) is 0 Å². The number of rotatable bonds is 2. The van der Waals surface area contributed by atoms with E-state index < -0.39 is 0 Å². The molecule has 4 aliphatic heterocycles. The molecule has 0 amide bonds. The Morgan fingerprint density at radius 1 is 1.05 bits per heavy atom. The van der Waals surface area contributed by atoms with Gasteiger partial charge in [0.1, 0.15) is 5.75 Å². The molecule has 4 aliphatic rings. The van der Waals surface area contributed by atoms with Gasteiger partial charge < -0.3 is 14.9 Å². The van der Waals surface area contributed by atoms with Gasteiger partial charge in [0, 0.05) is 44.7 Å². The zero-order valence-electron chi connectivity index (χ0n) is 11.4. The lowest BCUT2D eigenvalue weighted by molar-refractivity contribution is 0.00654. The number of nitrogens with zero attached hydrogens (tertiary/aromatic N) is 2. The van der Waals surface area contributed by atoms with Crippen LogP contribution in [0.3, 0.4) is 0 Å². The lowest BCUT2D eigenvalue weighted by Gasteiger charge is -2.50. The zero-order valence-corrected chi connectivity index (χ0v) is 11.4. The highest BCUT2D eigenvalue weighted by molar-refractivity contribution is 5.27. The molecule has 2 unspecified atom stereocenters. The zero-order chi connectivity index (χ0) is 12.9. The van der Waals surface area contributed by atoms with Crippen molar-refractivity contribution in [2.45, 2.75) is 12.8 Å². The van der Waals surface area contributed by atoms with Gasteiger partial charge in [-0.1, -0.05) is 12.1 Å². The first-order chi connectivity index (χ1) is 9.21. The van der Waals surface area contributed by atoms with Gasteiger partial charge in [0.05, 0.1) is 0 Å². The predicted octanol–water partition coefficient (Wildman–Crippen LogP) is 1.57. The van der Waals surface area contributed by atoms with Crippen LogP contribution in [-0.4, -0.2) is 54.2 Å². The van der Waals surface area contributed by atoms with Crippen LogP contribution in [0.1, 0.15) is 12.0 Å². The second kappa shape index (κ2) is 4.22. The van der Waals surface area contributed by atoms with Crippen LogP contribution in [-0.2, 0) is 6.42 Å². The summed E-state index contributed by atoms with van der Waals surface area (Å²) in [6.07, 6.45) is 2.55. The van der Waals surface area contributed by atoms with Gasteiger partial charge in [0.25, 0.3) is 0 Å². The number of fused-ring (bicyclic) bond motifs is 1. The first kappa shape index (κ1) is 11.7. The van der Waals surface area contributed by atoms with E-state index in [2.05, 4.69) is 21.9 Å². The Labute approximate surface area is 114 Å². The molecule has 0 aromatic heterocycles. The van der Waals surface area contributed by atoms with Gasteiger partial charge >= 0.3 is 0 Å². The molecule has 0 radical (unpaired) electrons. The standard InChI is InChI=1S/C16H22N2O/c19-15-3-1-13(2-4-15)7-16-8-14-9-17(11-16)5-6-18(10-14)12-16/h1-4,14,19H,5-12H2. The Bertz CT molecular complexity index is 454. The molecule has 1 N–H and O–H groups in total. The maximum absolute atomic E-state index is 9.41. The normalized spacial score (nSPS) is 40.3. The number of aromatic hydroxyl groups is 1. The molecule has 4 heterocycles. The highest BCUT2D eigenvalue weighted by atomic mass is 16.3. The average Bonchev–Trinajstić information content (AvgIpc) is 2.58. The Kier molecular flexibility index (Phi) is 2.61. The Hall–Kier alpha value is -1.06. The van der Waals surface area contributed by atoms with E-state index in [9.17, 15) is 5.11 Å². The van der Waals surface area contributed by atoms with Crippen LogP contribution in [0.2, 0.25) is 0 Å². The van der Waals surface area contributed by atoms with Crippen molar-refractivity contribution >= 4 is 0 Å². The molecule has 0 saturated carbocycles. The maximum Gasteiger partial charge on any atom is 0.115 e. The van der Waals surface area contributed by atoms with Crippen molar-refractivity contribution in [3.05, 3.63) is 29.8 Å². The molecular formula is C16H22N2O. The van der Waals surface area contributed by atoms with Crippen LogP contribution in [0.5, 0.6) is 5.75 Å². The largest absolute Gasteiger partial charge is 0.508 e. The van der Waals surface area contributed by atoms with E-state index in [1.54, 1.807) is 0 Å². The summed E-state index contributed by atoms with van der Waals surface area (Å²) in [4.78, 5) is 5.36. The van der Waals surface area contributed by atoms with Gasteiger partial charge in [-0.2, -0.15) is 0 Å². The van der Waals surface area contributed by atoms with E-state index >= 15 is 0 Å². The van der Waals surface area contributed by atoms with Crippen molar-refractivity contribution in [1.29, 1.82) is 0 Å². The summed E-state index contributed by atoms with van der Waals surface area (Å²) in [5.74, 6) is 1.25. The topological polar surface area (TPSA) is 26.7 Å². The molecule has 102 valence electrons. The molecule has 4 fully saturated rings. The fourth-order valence-electron chi connectivity index (χ4n) is 4.64. The molecule has 0 spiro atoms. The molecule has 2 atom stereocenters. The molecule has 1 aromatic carbocycles. The van der Waals surface area contributed by atoms with Crippen LogP contribution < -0.4 is 0 Å². The van der Waals surface area contributed by atoms with Crippen LogP contribution in [0.25, 0.3) is 0 Å². The van der Waals surface area contributed by atoms with Crippen LogP contribution in [0.4, 0.5) is 0 Å². The van der Waals surface area contributed by atoms with E-state index in [1.165, 1.54) is 51.3 Å². The monoisotopic (exact) mass is 258 g/mol. The molecule has 5 rings (SSSR count). The summed E-state index contributed by atoms with van der Waals surface area (Å²) in [5, 5.41) is 9.41. The third-order valence-electron chi connectivity index (χ3n) is 5.12. The molecular weight excluding hydrogens is 236 g/mol. The summed E-state index contributed by atoms with van der Waals surface area (Å²) >= 11 is 0. The Morgan fingerprint density at radius 3 is 2.32 bits per heavy atom. The van der Waals surface area contributed by atoms with Crippen molar-refractivity contribution in [3.8, 4) is 5.75 Å². The molecule has 19 heavy (non-hydrogen) atoms. The van der Waals surface area contributed by atoms with Crippen molar-refractivity contribution < 1.29 is 5.11 Å². The minimum Gasteiger partial charge on any atom is -0.508 e. The summed E-state index contributed by atoms with van der Waals surface area (Å²) in [5.41, 5.74) is 1.83. The fourth-order valence-corrected chi connectivity index (χ4v) is 4.64. The molecule has 3 heteroatoms. The summed E-state index contributed by atoms with van der Waals surface area (Å²) in [6.45, 7) is 7.67. The lowest BCUT2D eigenvalue weighted by Crippen LogP contribution is -2.55. The first-order valence-corrected chi connectivity index (χ1v) is 7.43. The van der Waals surface area contributed by atoms with Gasteiger partial charge in [-0.05, 0) is 36.5 Å². The van der Waals surface area contributed by atoms with E-state index in [0.29, 0.717) is 11.2 Å². The molecule has 1 aromatic rings. The smallest absolute Gasteiger partial charge is 0.115 e. The van der Waals surface area contributed by atoms with Crippen molar-refractivity contribution in [2.75, 3.05) is 39.3 Å². The minimum atomic E-state index is 0.374. The summed E-state index contributed by atoms with van der Waals surface area (Å²) in [7, 11) is 0. The number of piperidine rings is 2. The predicted molar refractivity (Wildman–Crippen MR) is 75.2 cm³/mol. The molecule has 4 saturated heterocycles. The quantitative estimate of drug-likeness (QED) is 0.872. The highest BCUT2D eigenvalue weighted by Gasteiger charge is 2.46. The van der Waals surface area contributed by atoms with Crippen LogP contribution in [0.15, 0.2) is 24.3 Å². The van der Waals surface area contributed by atoms with Gasteiger partial charge in [-0.3, -0.25) is 0 Å². The Morgan fingerprint density at radius 2 is 1.68 bits per heavy atom. The van der Waals surface area contributed by atoms with Gasteiger partial charge in [0.15, 0.2) is 0 Å². The number of benzene rings is 1. The Balaban J connectivity index is 1.60. The molecule has 4 bridgehead atoms. The maximum atomic E-state index is 9.41. The fraction of sp³-hybridized carbons (Fsp3) is 0.625. The summed E-state index contributed by atoms with van der Waals surface area (Å²) in [6, 6.07) is 7.83. The van der Waals surface area contributed by atoms with E-state index in [0.717, 1.165) is 12.3 Å². The van der Waals surface area contributed by atoms with Crippen LogP contribution >= 0.6 is 0 Å². The molecule has 3 nitrogen and oxygen atoms in total. The van der Waals surface area contributed by atoms with E-state index in [4.69, 9.17) is 0 Å². The van der Waals surface area contributed by atoms with Crippen molar-refractivity contribution in [2.24, 2.45) is 11.3 Å². The number of hydrogen-bond donors (Lipinski definition) is 1. The minimum absolute atomic E-state index is 0.374. The molecule has 0 aliphatic carbocycles. The highest BCUT2D eigenvalue weighted by Crippen LogP contribution is 2.42.